The number of aliphatic hydroxyl groups is 1. The molecule has 1 N–H and O–H groups in total. The summed E-state index contributed by atoms with van der Waals surface area (Å²) < 4.78 is 5.58. The van der Waals surface area contributed by atoms with E-state index in [1.54, 1.807) is 0 Å². The molecule has 0 saturated carbocycles. The molecule has 1 aromatic carbocycles. The Morgan fingerprint density at radius 2 is 1.95 bits per heavy atom. The quantitative estimate of drug-likeness (QED) is 0.851. The van der Waals surface area contributed by atoms with E-state index in [4.69, 9.17) is 4.74 Å². The van der Waals surface area contributed by atoms with Gasteiger partial charge in [0.2, 0.25) is 0 Å². The van der Waals surface area contributed by atoms with Crippen LogP contribution in [-0.2, 0) is 16.0 Å². The predicted molar refractivity (Wildman–Crippen MR) is 78.5 cm³/mol. The maximum atomic E-state index is 11.6. The van der Waals surface area contributed by atoms with Gasteiger partial charge in [-0.05, 0) is 31.2 Å². The Morgan fingerprint density at radius 1 is 1.30 bits per heavy atom. The fourth-order valence-corrected chi connectivity index (χ4v) is 2.62. The average Bonchev–Trinajstić information content (AvgIpc) is 2.37. The van der Waals surface area contributed by atoms with Crippen molar-refractivity contribution in [2.75, 3.05) is 0 Å². The third-order valence-corrected chi connectivity index (χ3v) is 4.08. The predicted octanol–water partition coefficient (Wildman–Crippen LogP) is 3.71. The number of carbonyl (C=O) groups excluding carboxylic acids is 1. The summed E-state index contributed by atoms with van der Waals surface area (Å²) in [5, 5.41) is 9.76. The van der Waals surface area contributed by atoms with Crippen LogP contribution in [-0.4, -0.2) is 16.7 Å². The fourth-order valence-electron chi connectivity index (χ4n) is 2.62. The molecule has 0 fully saturated rings. The van der Waals surface area contributed by atoms with Crippen LogP contribution in [0.2, 0.25) is 0 Å². The smallest absolute Gasteiger partial charge is 0.334 e. The fraction of sp³-hybridized carbons (Fsp3) is 0.471. The maximum absolute atomic E-state index is 11.6. The molecule has 3 nitrogen and oxygen atoms in total. The van der Waals surface area contributed by atoms with E-state index in [2.05, 4.69) is 31.2 Å². The van der Waals surface area contributed by atoms with Gasteiger partial charge in [0.25, 0.3) is 0 Å². The van der Waals surface area contributed by atoms with Crippen LogP contribution in [0, 0.1) is 12.8 Å². The highest BCUT2D eigenvalue weighted by atomic mass is 16.6. The molecule has 20 heavy (non-hydrogen) atoms. The summed E-state index contributed by atoms with van der Waals surface area (Å²) in [5.74, 6) is -0.155. The van der Waals surface area contributed by atoms with Crippen molar-refractivity contribution in [3.05, 3.63) is 47.2 Å². The first-order valence-electron chi connectivity index (χ1n) is 7.09. The lowest BCUT2D eigenvalue weighted by molar-refractivity contribution is -0.163. The first kappa shape index (κ1) is 14.6. The number of aryl methyl sites for hydroxylation is 2. The Balaban J connectivity index is 2.12. The van der Waals surface area contributed by atoms with Gasteiger partial charge in [-0.15, -0.1) is 0 Å². The van der Waals surface area contributed by atoms with Gasteiger partial charge in [0.1, 0.15) is 11.4 Å². The van der Waals surface area contributed by atoms with Crippen LogP contribution in [0.15, 0.2) is 36.1 Å². The molecule has 0 aromatic heterocycles. The van der Waals surface area contributed by atoms with Crippen molar-refractivity contribution in [1.82, 2.24) is 0 Å². The Bertz CT molecular complexity index is 514. The first-order valence-corrected chi connectivity index (χ1v) is 7.09. The van der Waals surface area contributed by atoms with Crippen molar-refractivity contribution < 1.29 is 14.6 Å². The average molecular weight is 274 g/mol. The summed E-state index contributed by atoms with van der Waals surface area (Å²) in [5.41, 5.74) is 1.86. The SMILES string of the molecule is Cc1ccc(CC[C@@]2(C(C)C)CC(O)=CC(=O)O2)cc1. The van der Waals surface area contributed by atoms with E-state index in [0.29, 0.717) is 6.42 Å². The normalized spacial score (nSPS) is 22.6. The number of carbonyl (C=O) groups is 1. The van der Waals surface area contributed by atoms with Crippen molar-refractivity contribution in [1.29, 1.82) is 0 Å². The molecular weight excluding hydrogens is 252 g/mol. The number of cyclic esters (lactones) is 1. The molecule has 0 radical (unpaired) electrons. The summed E-state index contributed by atoms with van der Waals surface area (Å²) >= 11 is 0. The molecule has 0 bridgehead atoms. The van der Waals surface area contributed by atoms with Gasteiger partial charge in [-0.3, -0.25) is 0 Å². The van der Waals surface area contributed by atoms with E-state index >= 15 is 0 Å². The number of benzene rings is 1. The van der Waals surface area contributed by atoms with E-state index in [1.165, 1.54) is 17.2 Å². The van der Waals surface area contributed by atoms with Crippen LogP contribution < -0.4 is 0 Å². The minimum atomic E-state index is -0.596. The molecule has 0 saturated heterocycles. The molecule has 0 unspecified atom stereocenters. The van der Waals surface area contributed by atoms with Crippen LogP contribution in [0.3, 0.4) is 0 Å². The van der Waals surface area contributed by atoms with Crippen molar-refractivity contribution in [3.8, 4) is 0 Å². The second kappa shape index (κ2) is 5.70. The molecule has 1 aromatic rings. The Kier molecular flexibility index (Phi) is 4.17. The number of hydrogen-bond acceptors (Lipinski definition) is 3. The molecule has 0 aliphatic carbocycles. The summed E-state index contributed by atoms with van der Waals surface area (Å²) in [6, 6.07) is 8.37. The van der Waals surface area contributed by atoms with Crippen LogP contribution in [0.1, 0.15) is 37.8 Å². The number of esters is 1. The van der Waals surface area contributed by atoms with Gasteiger partial charge in [-0.25, -0.2) is 4.79 Å². The highest BCUT2D eigenvalue weighted by molar-refractivity contribution is 5.83. The van der Waals surface area contributed by atoms with Gasteiger partial charge in [-0.1, -0.05) is 43.7 Å². The van der Waals surface area contributed by atoms with Gasteiger partial charge in [-0.2, -0.15) is 0 Å². The summed E-state index contributed by atoms with van der Waals surface area (Å²) in [6.45, 7) is 6.12. The molecule has 108 valence electrons. The lowest BCUT2D eigenvalue weighted by atomic mass is 9.80. The van der Waals surface area contributed by atoms with Crippen molar-refractivity contribution >= 4 is 5.97 Å². The standard InChI is InChI=1S/C17H22O3/c1-12(2)17(11-15(18)10-16(19)20-17)9-8-14-6-4-13(3)5-7-14/h4-7,10,12,18H,8-9,11H2,1-3H3/t17-/m0/s1. The highest BCUT2D eigenvalue weighted by Gasteiger charge is 2.40. The van der Waals surface area contributed by atoms with E-state index in [1.807, 2.05) is 13.8 Å². The molecular formula is C17H22O3. The maximum Gasteiger partial charge on any atom is 0.334 e. The zero-order valence-electron chi connectivity index (χ0n) is 12.3. The van der Waals surface area contributed by atoms with Crippen LogP contribution >= 0.6 is 0 Å². The van der Waals surface area contributed by atoms with Crippen molar-refractivity contribution in [2.24, 2.45) is 5.92 Å². The molecule has 0 spiro atoms. The largest absolute Gasteiger partial charge is 0.512 e. The van der Waals surface area contributed by atoms with Crippen LogP contribution in [0.5, 0.6) is 0 Å². The number of aliphatic hydroxyl groups excluding tert-OH is 1. The summed E-state index contributed by atoms with van der Waals surface area (Å²) in [4.78, 5) is 11.6. The van der Waals surface area contributed by atoms with Gasteiger partial charge in [0.15, 0.2) is 0 Å². The van der Waals surface area contributed by atoms with Gasteiger partial charge in [0.05, 0.1) is 6.08 Å². The Morgan fingerprint density at radius 3 is 2.50 bits per heavy atom. The van der Waals surface area contributed by atoms with Gasteiger partial charge in [0, 0.05) is 6.42 Å². The molecule has 1 atom stereocenters. The second-order valence-electron chi connectivity index (χ2n) is 5.94. The van der Waals surface area contributed by atoms with E-state index in [0.717, 1.165) is 12.8 Å². The van der Waals surface area contributed by atoms with Crippen molar-refractivity contribution in [3.63, 3.8) is 0 Å². The Hall–Kier alpha value is -1.77. The molecule has 1 heterocycles. The number of rotatable bonds is 4. The molecule has 1 aliphatic rings. The molecule has 3 heteroatoms. The third-order valence-electron chi connectivity index (χ3n) is 4.08. The molecule has 2 rings (SSSR count). The number of ether oxygens (including phenoxy) is 1. The monoisotopic (exact) mass is 274 g/mol. The van der Waals surface area contributed by atoms with Gasteiger partial charge < -0.3 is 9.84 Å². The topological polar surface area (TPSA) is 46.5 Å². The lowest BCUT2D eigenvalue weighted by Crippen LogP contribution is -2.43. The van der Waals surface area contributed by atoms with E-state index < -0.39 is 11.6 Å². The highest BCUT2D eigenvalue weighted by Crippen LogP contribution is 2.36. The van der Waals surface area contributed by atoms with Crippen LogP contribution in [0.25, 0.3) is 0 Å². The molecule has 0 amide bonds. The zero-order valence-corrected chi connectivity index (χ0v) is 12.3. The zero-order chi connectivity index (χ0) is 14.8. The van der Waals surface area contributed by atoms with Gasteiger partial charge >= 0.3 is 5.97 Å². The van der Waals surface area contributed by atoms with E-state index in [-0.39, 0.29) is 11.7 Å². The summed E-state index contributed by atoms with van der Waals surface area (Å²) in [7, 11) is 0. The summed E-state index contributed by atoms with van der Waals surface area (Å²) in [6.07, 6.45) is 3.13. The van der Waals surface area contributed by atoms with Crippen LogP contribution in [0.4, 0.5) is 0 Å². The lowest BCUT2D eigenvalue weighted by Gasteiger charge is -2.39. The minimum absolute atomic E-state index is 0.124. The number of hydrogen-bond donors (Lipinski definition) is 1. The third kappa shape index (κ3) is 3.21. The minimum Gasteiger partial charge on any atom is -0.512 e. The second-order valence-corrected chi connectivity index (χ2v) is 5.94. The van der Waals surface area contributed by atoms with Crippen molar-refractivity contribution in [2.45, 2.75) is 45.6 Å². The molecule has 1 aliphatic heterocycles. The van der Waals surface area contributed by atoms with E-state index in [9.17, 15) is 9.90 Å². The first-order chi connectivity index (χ1) is 9.41. The Labute approximate surface area is 120 Å².